The Labute approximate surface area is 195 Å². The van der Waals surface area contributed by atoms with Crippen molar-refractivity contribution in [3.05, 3.63) is 76.9 Å². The molecule has 2 amide bonds. The highest BCUT2D eigenvalue weighted by atomic mass is 32.1. The number of carbonyl (C=O) groups is 3. The second-order valence-electron chi connectivity index (χ2n) is 7.00. The minimum absolute atomic E-state index is 0.0408. The summed E-state index contributed by atoms with van der Waals surface area (Å²) < 4.78 is 11.8. The van der Waals surface area contributed by atoms with E-state index >= 15 is 0 Å². The third-order valence-electron chi connectivity index (χ3n) is 4.65. The summed E-state index contributed by atoms with van der Waals surface area (Å²) in [5.41, 5.74) is 2.05. The third kappa shape index (κ3) is 5.83. The van der Waals surface area contributed by atoms with Crippen LogP contribution in [-0.4, -0.2) is 29.5 Å². The Hall–Kier alpha value is -3.98. The van der Waals surface area contributed by atoms with E-state index in [1.807, 2.05) is 6.92 Å². The number of carboxylic acids is 1. The summed E-state index contributed by atoms with van der Waals surface area (Å²) in [6, 6.07) is 9.63. The summed E-state index contributed by atoms with van der Waals surface area (Å²) in [4.78, 5) is 35.3. The summed E-state index contributed by atoms with van der Waals surface area (Å²) in [6.45, 7) is 6.13. The first-order valence-corrected chi connectivity index (χ1v) is 10.4. The molecule has 0 unspecified atom stereocenters. The number of carboxylic acid groups (broad SMARTS) is 1. The van der Waals surface area contributed by atoms with Crippen molar-refractivity contribution in [2.45, 2.75) is 20.0 Å². The summed E-state index contributed by atoms with van der Waals surface area (Å²) in [6.07, 6.45) is 3.59. The molecule has 2 aromatic carbocycles. The molecule has 2 aromatic rings. The summed E-state index contributed by atoms with van der Waals surface area (Å²) >= 11 is 4.82. The van der Waals surface area contributed by atoms with Gasteiger partial charge < -0.3 is 19.4 Å². The van der Waals surface area contributed by atoms with Gasteiger partial charge >= 0.3 is 0 Å². The van der Waals surface area contributed by atoms with Gasteiger partial charge in [-0.25, -0.2) is 0 Å². The maximum absolute atomic E-state index is 12.2. The molecule has 1 fully saturated rings. The van der Waals surface area contributed by atoms with Crippen molar-refractivity contribution in [1.29, 1.82) is 0 Å². The Bertz CT molecular complexity index is 1130. The molecule has 1 saturated heterocycles. The van der Waals surface area contributed by atoms with E-state index in [0.29, 0.717) is 30.1 Å². The van der Waals surface area contributed by atoms with Gasteiger partial charge in [0.25, 0.3) is 11.8 Å². The molecule has 9 heteroatoms. The predicted octanol–water partition coefficient (Wildman–Crippen LogP) is 1.67. The molecule has 170 valence electrons. The van der Waals surface area contributed by atoms with E-state index in [0.717, 1.165) is 11.1 Å². The quantitative estimate of drug-likeness (QED) is 0.250. The van der Waals surface area contributed by atoms with Crippen LogP contribution in [0.15, 0.2) is 54.6 Å². The van der Waals surface area contributed by atoms with Crippen molar-refractivity contribution in [1.82, 2.24) is 10.6 Å². The smallest absolute Gasteiger partial charge is 0.263 e. The lowest BCUT2D eigenvalue weighted by Gasteiger charge is -2.18. The zero-order chi connectivity index (χ0) is 24.0. The van der Waals surface area contributed by atoms with Gasteiger partial charge in [0.2, 0.25) is 0 Å². The number of hydrogen-bond donors (Lipinski definition) is 2. The van der Waals surface area contributed by atoms with Crippen LogP contribution in [0, 0.1) is 0 Å². The molecule has 0 bridgehead atoms. The molecule has 0 atom stereocenters. The lowest BCUT2D eigenvalue weighted by atomic mass is 10.0. The number of carbonyl (C=O) groups excluding carboxylic acids is 3. The molecule has 3 rings (SSSR count). The van der Waals surface area contributed by atoms with Crippen LogP contribution >= 0.6 is 12.2 Å². The van der Waals surface area contributed by atoms with Crippen molar-refractivity contribution in [3.63, 3.8) is 0 Å². The Balaban J connectivity index is 1.94. The Morgan fingerprint density at radius 1 is 1.12 bits per heavy atom. The van der Waals surface area contributed by atoms with Crippen LogP contribution in [0.1, 0.15) is 34.0 Å². The van der Waals surface area contributed by atoms with Gasteiger partial charge in [-0.05, 0) is 60.5 Å². The molecule has 0 aromatic heterocycles. The largest absolute Gasteiger partial charge is 0.545 e. The standard InChI is InChI=1S/C24H22N2O6S/c1-3-5-17-10-15(11-18-21(27)25-24(33)26-22(18)28)12-19(31-4-2)20(17)32-13-14-6-8-16(9-7-14)23(29)30/h3,6-12H,1,4-5,13H2,2H3,(H,29,30)(H2,25,26,27,28,33)/p-1. The maximum atomic E-state index is 12.2. The normalized spacial score (nSPS) is 13.1. The van der Waals surface area contributed by atoms with Crippen LogP contribution in [0.2, 0.25) is 0 Å². The monoisotopic (exact) mass is 465 g/mol. The summed E-state index contributed by atoms with van der Waals surface area (Å²) in [5.74, 6) is -1.51. The van der Waals surface area contributed by atoms with Crippen molar-refractivity contribution in [3.8, 4) is 11.5 Å². The number of allylic oxidation sites excluding steroid dienone is 1. The van der Waals surface area contributed by atoms with Gasteiger partial charge in [0.1, 0.15) is 12.2 Å². The highest BCUT2D eigenvalue weighted by molar-refractivity contribution is 7.80. The Morgan fingerprint density at radius 3 is 2.36 bits per heavy atom. The average Bonchev–Trinajstić information content (AvgIpc) is 2.76. The van der Waals surface area contributed by atoms with Gasteiger partial charge in [-0.3, -0.25) is 20.2 Å². The third-order valence-corrected chi connectivity index (χ3v) is 4.85. The number of aromatic carboxylic acids is 1. The predicted molar refractivity (Wildman–Crippen MR) is 123 cm³/mol. The van der Waals surface area contributed by atoms with Crippen molar-refractivity contribution in [2.24, 2.45) is 0 Å². The highest BCUT2D eigenvalue weighted by Crippen LogP contribution is 2.35. The van der Waals surface area contributed by atoms with E-state index in [9.17, 15) is 19.5 Å². The molecular weight excluding hydrogens is 444 g/mol. The lowest BCUT2D eigenvalue weighted by Crippen LogP contribution is -2.51. The number of benzene rings is 2. The first-order chi connectivity index (χ1) is 15.8. The van der Waals surface area contributed by atoms with Crippen LogP contribution in [0.4, 0.5) is 0 Å². The van der Waals surface area contributed by atoms with Gasteiger partial charge in [-0.1, -0.05) is 30.3 Å². The molecule has 1 aliphatic rings. The van der Waals surface area contributed by atoms with Gasteiger partial charge in [0.15, 0.2) is 16.6 Å². The Morgan fingerprint density at radius 2 is 1.79 bits per heavy atom. The van der Waals surface area contributed by atoms with Crippen molar-refractivity contribution in [2.75, 3.05) is 6.61 Å². The van der Waals surface area contributed by atoms with E-state index < -0.39 is 17.8 Å². The second-order valence-corrected chi connectivity index (χ2v) is 7.41. The molecule has 0 saturated carbocycles. The SMILES string of the molecule is C=CCc1cc(C=C2C(=O)NC(=S)NC2=O)cc(OCC)c1OCc1ccc(C(=O)[O-])cc1. The van der Waals surface area contributed by atoms with Crippen molar-refractivity contribution < 1.29 is 29.0 Å². The van der Waals surface area contributed by atoms with Crippen LogP contribution < -0.4 is 25.2 Å². The van der Waals surface area contributed by atoms with Crippen molar-refractivity contribution >= 4 is 41.2 Å². The number of nitrogens with one attached hydrogen (secondary N) is 2. The fourth-order valence-corrected chi connectivity index (χ4v) is 3.35. The number of rotatable bonds is 9. The molecule has 2 N–H and O–H groups in total. The molecule has 0 spiro atoms. The molecule has 0 aliphatic carbocycles. The van der Waals surface area contributed by atoms with E-state index in [2.05, 4.69) is 17.2 Å². The summed E-state index contributed by atoms with van der Waals surface area (Å²) in [7, 11) is 0. The van der Waals surface area contributed by atoms with E-state index in [1.165, 1.54) is 18.2 Å². The van der Waals surface area contributed by atoms with Gasteiger partial charge in [-0.2, -0.15) is 0 Å². The zero-order valence-electron chi connectivity index (χ0n) is 17.8. The average molecular weight is 466 g/mol. The highest BCUT2D eigenvalue weighted by Gasteiger charge is 2.26. The molecule has 1 aliphatic heterocycles. The number of thiocarbonyl (C=S) groups is 1. The molecule has 8 nitrogen and oxygen atoms in total. The van der Waals surface area contributed by atoms with Crippen LogP contribution in [0.5, 0.6) is 11.5 Å². The first-order valence-electron chi connectivity index (χ1n) is 10.0. The van der Waals surface area contributed by atoms with Crippen LogP contribution in [0.3, 0.4) is 0 Å². The molecule has 1 heterocycles. The van der Waals surface area contributed by atoms with E-state index in [-0.39, 0.29) is 22.9 Å². The minimum atomic E-state index is -1.25. The van der Waals surface area contributed by atoms with Gasteiger partial charge in [0.05, 0.1) is 12.6 Å². The lowest BCUT2D eigenvalue weighted by molar-refractivity contribution is -0.255. The number of hydrogen-bond acceptors (Lipinski definition) is 7. The minimum Gasteiger partial charge on any atom is -0.545 e. The fourth-order valence-electron chi connectivity index (χ4n) is 3.17. The van der Waals surface area contributed by atoms with Gasteiger partial charge in [0, 0.05) is 5.56 Å². The first kappa shape index (κ1) is 23.7. The molecule has 33 heavy (non-hydrogen) atoms. The molecular formula is C24H21N2O6S-. The van der Waals surface area contributed by atoms with Gasteiger partial charge in [-0.15, -0.1) is 6.58 Å². The van der Waals surface area contributed by atoms with E-state index in [1.54, 1.807) is 30.3 Å². The second kappa shape index (κ2) is 10.6. The van der Waals surface area contributed by atoms with Crippen LogP contribution in [-0.2, 0) is 22.6 Å². The fraction of sp³-hybridized carbons (Fsp3) is 0.167. The number of ether oxygens (including phenoxy) is 2. The van der Waals surface area contributed by atoms with E-state index in [4.69, 9.17) is 21.7 Å². The van der Waals surface area contributed by atoms with Crippen LogP contribution in [0.25, 0.3) is 6.08 Å². The topological polar surface area (TPSA) is 117 Å². The molecule has 0 radical (unpaired) electrons. The summed E-state index contributed by atoms with van der Waals surface area (Å²) in [5, 5.41) is 15.7. The Kier molecular flexibility index (Phi) is 7.57. The number of amides is 2. The maximum Gasteiger partial charge on any atom is 0.263 e. The zero-order valence-corrected chi connectivity index (χ0v) is 18.6.